The van der Waals surface area contributed by atoms with Gasteiger partial charge in [0, 0.05) is 49.1 Å². The van der Waals surface area contributed by atoms with E-state index in [1.807, 2.05) is 0 Å². The molecule has 2 rings (SSSR count). The lowest BCUT2D eigenvalue weighted by molar-refractivity contribution is -0.140. The van der Waals surface area contributed by atoms with Crippen molar-refractivity contribution in [2.75, 3.05) is 13.7 Å². The number of rotatable bonds is 11. The second-order valence-corrected chi connectivity index (χ2v) is 7.41. The molecule has 5 nitrogen and oxygen atoms in total. The van der Waals surface area contributed by atoms with E-state index in [0.717, 1.165) is 12.8 Å². The summed E-state index contributed by atoms with van der Waals surface area (Å²) in [6.45, 7) is 2.05. The zero-order valence-electron chi connectivity index (χ0n) is 17.0. The van der Waals surface area contributed by atoms with Crippen LogP contribution in [0.2, 0.25) is 0 Å². The lowest BCUT2D eigenvalue weighted by Gasteiger charge is -2.19. The van der Waals surface area contributed by atoms with Crippen LogP contribution in [-0.2, 0) is 19.1 Å². The SMILES string of the molecule is CCC(=O)C(C(=O)C1=C(CCCOC)NC=C(C(F)F)C=C1)C(=O)C1CCCC1. The molecular formula is C22H29F2NO4. The summed E-state index contributed by atoms with van der Waals surface area (Å²) >= 11 is 0. The van der Waals surface area contributed by atoms with Gasteiger partial charge in [-0.25, -0.2) is 8.78 Å². The predicted molar refractivity (Wildman–Crippen MR) is 105 cm³/mol. The molecule has 1 N–H and O–H groups in total. The van der Waals surface area contributed by atoms with Crippen LogP contribution < -0.4 is 5.32 Å². The Morgan fingerprint density at radius 1 is 1.21 bits per heavy atom. The fourth-order valence-electron chi connectivity index (χ4n) is 3.78. The average Bonchev–Trinajstić information content (AvgIpc) is 3.15. The largest absolute Gasteiger partial charge is 0.385 e. The fourth-order valence-corrected chi connectivity index (χ4v) is 3.78. The van der Waals surface area contributed by atoms with Gasteiger partial charge in [0.25, 0.3) is 6.43 Å². The van der Waals surface area contributed by atoms with Crippen molar-refractivity contribution in [1.82, 2.24) is 5.32 Å². The van der Waals surface area contributed by atoms with Crippen LogP contribution in [-0.4, -0.2) is 37.5 Å². The molecular weight excluding hydrogens is 380 g/mol. The van der Waals surface area contributed by atoms with Crippen LogP contribution in [0.5, 0.6) is 0 Å². The molecule has 1 aliphatic carbocycles. The van der Waals surface area contributed by atoms with E-state index in [9.17, 15) is 23.2 Å². The van der Waals surface area contributed by atoms with Crippen molar-refractivity contribution in [3.63, 3.8) is 0 Å². The van der Waals surface area contributed by atoms with E-state index >= 15 is 0 Å². The third kappa shape index (κ3) is 5.92. The first-order chi connectivity index (χ1) is 13.9. The van der Waals surface area contributed by atoms with E-state index in [1.54, 1.807) is 14.0 Å². The number of ketones is 3. The standard InChI is InChI=1S/C22H29F2NO4/c1-3-18(26)19(20(27)14-7-4-5-8-14)21(28)16-11-10-15(22(23)24)13-25-17(16)9-6-12-29-2/h10-11,13-14,19,22,25H,3-9,12H2,1-2H3. The summed E-state index contributed by atoms with van der Waals surface area (Å²) in [7, 11) is 1.55. The van der Waals surface area contributed by atoms with Gasteiger partial charge in [-0.2, -0.15) is 0 Å². The van der Waals surface area contributed by atoms with Gasteiger partial charge in [0.1, 0.15) is 5.92 Å². The number of carbonyl (C=O) groups excluding carboxylic acids is 3. The third-order valence-electron chi connectivity index (χ3n) is 5.45. The number of hydrogen-bond acceptors (Lipinski definition) is 5. The lowest BCUT2D eigenvalue weighted by Crippen LogP contribution is -2.36. The Balaban J connectivity index is 2.38. The van der Waals surface area contributed by atoms with Gasteiger partial charge >= 0.3 is 0 Å². The quantitative estimate of drug-likeness (QED) is 0.414. The number of ether oxygens (including phenoxy) is 1. The molecule has 0 amide bonds. The van der Waals surface area contributed by atoms with Crippen molar-refractivity contribution in [3.05, 3.63) is 35.2 Å². The maximum Gasteiger partial charge on any atom is 0.265 e. The topological polar surface area (TPSA) is 72.5 Å². The molecule has 0 saturated heterocycles. The molecule has 1 aliphatic heterocycles. The summed E-state index contributed by atoms with van der Waals surface area (Å²) in [5, 5.41) is 2.80. The number of hydrogen-bond donors (Lipinski definition) is 1. The number of halogens is 2. The van der Waals surface area contributed by atoms with Gasteiger partial charge in [-0.05, 0) is 31.8 Å². The molecule has 1 saturated carbocycles. The number of Topliss-reactive ketones (excluding diaryl/α,β-unsaturated/α-hetero) is 3. The molecule has 0 aromatic heterocycles. The fraction of sp³-hybridized carbons (Fsp3) is 0.591. The Hall–Kier alpha value is -2.15. The van der Waals surface area contributed by atoms with Crippen molar-refractivity contribution in [2.24, 2.45) is 11.8 Å². The molecule has 160 valence electrons. The molecule has 0 bridgehead atoms. The van der Waals surface area contributed by atoms with Gasteiger partial charge < -0.3 is 10.1 Å². The smallest absolute Gasteiger partial charge is 0.265 e. The first kappa shape index (κ1) is 23.1. The average molecular weight is 409 g/mol. The van der Waals surface area contributed by atoms with Crippen molar-refractivity contribution in [2.45, 2.75) is 58.3 Å². The van der Waals surface area contributed by atoms with E-state index in [0.29, 0.717) is 38.0 Å². The van der Waals surface area contributed by atoms with Crippen LogP contribution in [0.3, 0.4) is 0 Å². The van der Waals surface area contributed by atoms with E-state index in [-0.39, 0.29) is 29.3 Å². The number of alkyl halides is 2. The summed E-state index contributed by atoms with van der Waals surface area (Å²) in [5.74, 6) is -3.00. The lowest BCUT2D eigenvalue weighted by atomic mass is 9.81. The molecule has 29 heavy (non-hydrogen) atoms. The van der Waals surface area contributed by atoms with Crippen LogP contribution in [0.1, 0.15) is 51.9 Å². The van der Waals surface area contributed by atoms with E-state index in [2.05, 4.69) is 5.32 Å². The summed E-state index contributed by atoms with van der Waals surface area (Å²) in [4.78, 5) is 38.9. The molecule has 7 heteroatoms. The summed E-state index contributed by atoms with van der Waals surface area (Å²) < 4.78 is 31.3. The Morgan fingerprint density at radius 2 is 1.90 bits per heavy atom. The monoisotopic (exact) mass is 409 g/mol. The van der Waals surface area contributed by atoms with Crippen LogP contribution in [0, 0.1) is 11.8 Å². The molecule has 1 unspecified atom stereocenters. The third-order valence-corrected chi connectivity index (χ3v) is 5.45. The van der Waals surface area contributed by atoms with Gasteiger partial charge in [0.15, 0.2) is 17.3 Å². The summed E-state index contributed by atoms with van der Waals surface area (Å²) in [5.41, 5.74) is 0.274. The normalized spacial score (nSPS) is 18.4. The van der Waals surface area contributed by atoms with Gasteiger partial charge in [-0.1, -0.05) is 25.8 Å². The molecule has 1 heterocycles. The van der Waals surface area contributed by atoms with Gasteiger partial charge in [-0.15, -0.1) is 0 Å². The number of carbonyl (C=O) groups is 3. The Morgan fingerprint density at radius 3 is 2.48 bits per heavy atom. The maximum atomic E-state index is 13.3. The van der Waals surface area contributed by atoms with E-state index in [1.165, 1.54) is 18.4 Å². The molecule has 0 aromatic carbocycles. The highest BCUT2D eigenvalue weighted by Gasteiger charge is 2.39. The molecule has 0 radical (unpaired) electrons. The highest BCUT2D eigenvalue weighted by Crippen LogP contribution is 2.31. The van der Waals surface area contributed by atoms with E-state index < -0.39 is 23.9 Å². The van der Waals surface area contributed by atoms with Crippen LogP contribution in [0.25, 0.3) is 0 Å². The minimum Gasteiger partial charge on any atom is -0.385 e. The number of allylic oxidation sites excluding steroid dienone is 5. The van der Waals surface area contributed by atoms with Crippen LogP contribution >= 0.6 is 0 Å². The van der Waals surface area contributed by atoms with E-state index in [4.69, 9.17) is 4.74 Å². The second kappa shape index (κ2) is 11.1. The predicted octanol–water partition coefficient (Wildman–Crippen LogP) is 3.90. The zero-order chi connectivity index (χ0) is 21.4. The van der Waals surface area contributed by atoms with Crippen molar-refractivity contribution in [1.29, 1.82) is 0 Å². The number of methoxy groups -OCH3 is 1. The van der Waals surface area contributed by atoms with Crippen molar-refractivity contribution in [3.8, 4) is 0 Å². The first-order valence-corrected chi connectivity index (χ1v) is 10.2. The van der Waals surface area contributed by atoms with Crippen LogP contribution in [0.15, 0.2) is 35.2 Å². The molecule has 2 aliphatic rings. The minimum atomic E-state index is -2.71. The van der Waals surface area contributed by atoms with Crippen LogP contribution in [0.4, 0.5) is 8.78 Å². The maximum absolute atomic E-state index is 13.3. The second-order valence-electron chi connectivity index (χ2n) is 7.41. The molecule has 1 fully saturated rings. The van der Waals surface area contributed by atoms with Gasteiger partial charge in [0.2, 0.25) is 0 Å². The zero-order valence-corrected chi connectivity index (χ0v) is 17.0. The van der Waals surface area contributed by atoms with Gasteiger partial charge in [-0.3, -0.25) is 14.4 Å². The van der Waals surface area contributed by atoms with Crippen molar-refractivity contribution >= 4 is 17.3 Å². The number of nitrogens with one attached hydrogen (secondary N) is 1. The highest BCUT2D eigenvalue weighted by molar-refractivity contribution is 6.25. The Kier molecular flexibility index (Phi) is 8.89. The van der Waals surface area contributed by atoms with Crippen molar-refractivity contribution < 1.29 is 27.9 Å². The Bertz CT molecular complexity index is 718. The molecule has 0 spiro atoms. The highest BCUT2D eigenvalue weighted by atomic mass is 19.3. The first-order valence-electron chi connectivity index (χ1n) is 10.2. The molecule has 0 aromatic rings. The Labute approximate surface area is 170 Å². The summed E-state index contributed by atoms with van der Waals surface area (Å²) in [6, 6.07) is 0. The van der Waals surface area contributed by atoms with Gasteiger partial charge in [0.05, 0.1) is 0 Å². The molecule has 1 atom stereocenters. The minimum absolute atomic E-state index is 0.0683. The summed E-state index contributed by atoms with van der Waals surface area (Å²) in [6.07, 6.45) is 5.12.